The maximum Gasteiger partial charge on any atom is 0.410 e. The van der Waals surface area contributed by atoms with Gasteiger partial charge in [0.2, 0.25) is 0 Å². The number of hydrogen-bond donors (Lipinski definition) is 1. The molecule has 1 saturated carbocycles. The molecule has 1 N–H and O–H groups in total. The minimum atomic E-state index is -3.99. The number of fused-ring (bicyclic) bond motifs is 2. The summed E-state index contributed by atoms with van der Waals surface area (Å²) in [5.41, 5.74) is -1.14. The molecule has 3 aliphatic rings. The van der Waals surface area contributed by atoms with E-state index < -0.39 is 50.1 Å². The molecular weight excluding hydrogens is 521 g/mol. The van der Waals surface area contributed by atoms with Crippen molar-refractivity contribution in [1.29, 1.82) is 0 Å². The zero-order valence-corrected chi connectivity index (χ0v) is 21.2. The van der Waals surface area contributed by atoms with Crippen LogP contribution in [0.2, 0.25) is 5.02 Å². The Morgan fingerprint density at radius 1 is 1.03 bits per heavy atom. The van der Waals surface area contributed by atoms with E-state index in [1.165, 1.54) is 12.1 Å². The van der Waals surface area contributed by atoms with Crippen molar-refractivity contribution < 1.29 is 35.9 Å². The number of hydrogen-bond acceptors (Lipinski definition) is 5. The van der Waals surface area contributed by atoms with Crippen LogP contribution in [-0.4, -0.2) is 48.3 Å². The van der Waals surface area contributed by atoms with Gasteiger partial charge in [-0.05, 0) is 58.2 Å². The Bertz CT molecular complexity index is 1310. The molecule has 2 amide bonds. The fourth-order valence-corrected chi connectivity index (χ4v) is 6.94. The van der Waals surface area contributed by atoms with E-state index in [2.05, 4.69) is 5.32 Å². The first kappa shape index (κ1) is 26.3. The number of nitrogens with one attached hydrogen (secondary N) is 1. The second kappa shape index (κ2) is 9.26. The van der Waals surface area contributed by atoms with E-state index in [0.29, 0.717) is 18.6 Å². The molecule has 2 aromatic carbocycles. The van der Waals surface area contributed by atoms with E-state index in [4.69, 9.17) is 16.3 Å². The average molecular weight is 545 g/mol. The largest absolute Gasteiger partial charge is 0.444 e. The van der Waals surface area contributed by atoms with Gasteiger partial charge in [0.15, 0.2) is 27.3 Å². The van der Waals surface area contributed by atoms with Crippen LogP contribution in [0.15, 0.2) is 35.2 Å². The molecule has 1 aliphatic carbocycles. The SMILES string of the molecule is CC(C)(C)OC(=O)N1C2CC1CC(S(=O)(=O)c1cc(C(=O)Nc3cc(F)c(F)c(F)c3)ccc1Cl)C2. The molecule has 2 saturated heterocycles. The van der Waals surface area contributed by atoms with Crippen LogP contribution in [0, 0.1) is 17.5 Å². The predicted molar refractivity (Wildman–Crippen MR) is 126 cm³/mol. The fraction of sp³-hybridized carbons (Fsp3) is 0.417. The van der Waals surface area contributed by atoms with Gasteiger partial charge < -0.3 is 15.0 Å². The van der Waals surface area contributed by atoms with E-state index in [0.717, 1.165) is 6.07 Å². The topological polar surface area (TPSA) is 92.8 Å². The number of nitrogens with zero attached hydrogens (tertiary/aromatic N) is 1. The molecule has 3 fully saturated rings. The van der Waals surface area contributed by atoms with Crippen LogP contribution in [0.1, 0.15) is 50.4 Å². The maximum absolute atomic E-state index is 13.5. The zero-order chi connectivity index (χ0) is 26.6. The Balaban J connectivity index is 1.52. The van der Waals surface area contributed by atoms with E-state index in [1.54, 1.807) is 25.7 Å². The van der Waals surface area contributed by atoms with E-state index in [1.807, 2.05) is 0 Å². The first-order valence-corrected chi connectivity index (χ1v) is 13.1. The second-order valence-corrected chi connectivity index (χ2v) is 12.5. The number of ether oxygens (including phenoxy) is 1. The summed E-state index contributed by atoms with van der Waals surface area (Å²) in [6, 6.07) is 4.23. The van der Waals surface area contributed by atoms with Crippen molar-refractivity contribution in [3.8, 4) is 0 Å². The number of anilines is 1. The summed E-state index contributed by atoms with van der Waals surface area (Å²) < 4.78 is 72.4. The standard InChI is InChI=1S/C24H24ClF3N2O5S/c1-24(2,3)35-23(32)30-14-9-15(30)11-16(10-14)36(33,34)20-6-12(4-5-17(20)25)22(31)29-13-7-18(26)21(28)19(27)8-13/h4-8,14-16H,9-11H2,1-3H3,(H,29,31). The van der Waals surface area contributed by atoms with Gasteiger partial charge >= 0.3 is 6.09 Å². The van der Waals surface area contributed by atoms with Crippen LogP contribution in [0.3, 0.4) is 0 Å². The van der Waals surface area contributed by atoms with Gasteiger partial charge in [0.1, 0.15) is 5.60 Å². The molecule has 2 atom stereocenters. The highest BCUT2D eigenvalue weighted by Crippen LogP contribution is 2.43. The smallest absolute Gasteiger partial charge is 0.410 e. The summed E-state index contributed by atoms with van der Waals surface area (Å²) in [6.45, 7) is 5.26. The van der Waals surface area contributed by atoms with Crippen LogP contribution in [-0.2, 0) is 14.6 Å². The summed E-state index contributed by atoms with van der Waals surface area (Å²) in [7, 11) is -3.99. The van der Waals surface area contributed by atoms with Gasteiger partial charge in [0.05, 0.1) is 15.2 Å². The first-order chi connectivity index (χ1) is 16.7. The number of sulfone groups is 1. The van der Waals surface area contributed by atoms with Crippen LogP contribution >= 0.6 is 11.6 Å². The third-order valence-corrected chi connectivity index (χ3v) is 8.84. The lowest BCUT2D eigenvalue weighted by atomic mass is 9.80. The molecule has 2 unspecified atom stereocenters. The molecule has 2 aromatic rings. The lowest BCUT2D eigenvalue weighted by molar-refractivity contribution is -0.0502. The van der Waals surface area contributed by atoms with Gasteiger partial charge in [0.25, 0.3) is 5.91 Å². The van der Waals surface area contributed by atoms with Gasteiger partial charge in [-0.2, -0.15) is 0 Å². The van der Waals surface area contributed by atoms with Gasteiger partial charge in [-0.15, -0.1) is 0 Å². The lowest BCUT2D eigenvalue weighted by Crippen LogP contribution is -2.65. The van der Waals surface area contributed by atoms with E-state index >= 15 is 0 Å². The third kappa shape index (κ3) is 5.04. The van der Waals surface area contributed by atoms with Crippen molar-refractivity contribution in [2.24, 2.45) is 0 Å². The molecule has 0 spiro atoms. The Hall–Kier alpha value is -2.79. The quantitative estimate of drug-likeness (QED) is 0.526. The summed E-state index contributed by atoms with van der Waals surface area (Å²) >= 11 is 6.19. The minimum Gasteiger partial charge on any atom is -0.444 e. The average Bonchev–Trinajstić information content (AvgIpc) is 2.76. The maximum atomic E-state index is 13.5. The van der Waals surface area contributed by atoms with Crippen molar-refractivity contribution in [3.05, 3.63) is 58.4 Å². The van der Waals surface area contributed by atoms with Gasteiger partial charge in [-0.1, -0.05) is 11.6 Å². The molecule has 36 heavy (non-hydrogen) atoms. The van der Waals surface area contributed by atoms with Gasteiger partial charge in [0, 0.05) is 35.5 Å². The van der Waals surface area contributed by atoms with Crippen molar-refractivity contribution in [2.75, 3.05) is 5.32 Å². The first-order valence-electron chi connectivity index (χ1n) is 11.2. The highest BCUT2D eigenvalue weighted by atomic mass is 35.5. The molecule has 2 aliphatic heterocycles. The number of piperidine rings is 1. The molecule has 12 heteroatoms. The molecule has 0 aromatic heterocycles. The van der Waals surface area contributed by atoms with Crippen LogP contribution < -0.4 is 5.32 Å². The van der Waals surface area contributed by atoms with Crippen LogP contribution in [0.25, 0.3) is 0 Å². The Labute approximate surface area is 211 Å². The molecule has 2 bridgehead atoms. The molecule has 0 radical (unpaired) electrons. The summed E-state index contributed by atoms with van der Waals surface area (Å²) in [4.78, 5) is 26.4. The molecule has 194 valence electrons. The Kier molecular flexibility index (Phi) is 6.76. The highest BCUT2D eigenvalue weighted by molar-refractivity contribution is 7.92. The second-order valence-electron chi connectivity index (χ2n) is 9.92. The zero-order valence-electron chi connectivity index (χ0n) is 19.6. The number of rotatable bonds is 4. The van der Waals surface area contributed by atoms with Crippen LogP contribution in [0.4, 0.5) is 23.7 Å². The third-order valence-electron chi connectivity index (χ3n) is 6.19. The molecular formula is C24H24ClF3N2O5S. The van der Waals surface area contributed by atoms with Gasteiger partial charge in [-0.25, -0.2) is 26.4 Å². The Morgan fingerprint density at radius 3 is 2.17 bits per heavy atom. The summed E-state index contributed by atoms with van der Waals surface area (Å²) in [5, 5.41) is 1.30. The minimum absolute atomic E-state index is 0.0892. The van der Waals surface area contributed by atoms with Crippen LogP contribution in [0.5, 0.6) is 0 Å². The van der Waals surface area contributed by atoms with E-state index in [9.17, 15) is 31.2 Å². The predicted octanol–water partition coefficient (Wildman–Crippen LogP) is 5.32. The number of halogens is 4. The summed E-state index contributed by atoms with van der Waals surface area (Å²) in [6.07, 6.45) is 0.578. The fourth-order valence-electron chi connectivity index (χ4n) is 4.56. The number of benzene rings is 2. The summed E-state index contributed by atoms with van der Waals surface area (Å²) in [5.74, 6) is -5.51. The number of carbonyl (C=O) groups is 2. The number of amides is 2. The van der Waals surface area contributed by atoms with Crippen molar-refractivity contribution in [3.63, 3.8) is 0 Å². The van der Waals surface area contributed by atoms with Crippen molar-refractivity contribution in [1.82, 2.24) is 4.90 Å². The molecule has 2 heterocycles. The molecule has 5 rings (SSSR count). The normalized spacial score (nSPS) is 21.5. The monoisotopic (exact) mass is 544 g/mol. The van der Waals surface area contributed by atoms with Gasteiger partial charge in [-0.3, -0.25) is 4.79 Å². The number of carbonyl (C=O) groups excluding carboxylic acids is 2. The van der Waals surface area contributed by atoms with Crippen molar-refractivity contribution >= 4 is 39.1 Å². The lowest BCUT2D eigenvalue weighted by Gasteiger charge is -2.54. The Morgan fingerprint density at radius 2 is 1.61 bits per heavy atom. The van der Waals surface area contributed by atoms with E-state index in [-0.39, 0.29) is 46.1 Å². The molecule has 7 nitrogen and oxygen atoms in total. The van der Waals surface area contributed by atoms with Crippen molar-refractivity contribution in [2.45, 2.75) is 67.9 Å². The highest BCUT2D eigenvalue weighted by Gasteiger charge is 2.52.